The van der Waals surface area contributed by atoms with Crippen LogP contribution in [0, 0.1) is 6.92 Å². The molecule has 18 heavy (non-hydrogen) atoms. The lowest BCUT2D eigenvalue weighted by Gasteiger charge is -2.13. The second-order valence-electron chi connectivity index (χ2n) is 4.17. The van der Waals surface area contributed by atoms with E-state index in [1.165, 1.54) is 0 Å². The van der Waals surface area contributed by atoms with Crippen LogP contribution in [0.15, 0.2) is 36.4 Å². The molecule has 1 atom stereocenters. The fourth-order valence-electron chi connectivity index (χ4n) is 1.67. The Morgan fingerprint density at radius 3 is 2.72 bits per heavy atom. The van der Waals surface area contributed by atoms with Gasteiger partial charge in [0.2, 0.25) is 0 Å². The summed E-state index contributed by atoms with van der Waals surface area (Å²) in [7, 11) is 0. The number of anilines is 1. The van der Waals surface area contributed by atoms with Gasteiger partial charge in [-0.3, -0.25) is 0 Å². The molecule has 0 saturated heterocycles. The zero-order chi connectivity index (χ0) is 13.0. The number of nitrogens with zero attached hydrogens (tertiary/aromatic N) is 2. The molecule has 0 radical (unpaired) electrons. The Morgan fingerprint density at radius 2 is 2.11 bits per heavy atom. The van der Waals surface area contributed by atoms with Crippen molar-refractivity contribution in [1.29, 1.82) is 0 Å². The molecule has 2 rings (SSSR count). The highest BCUT2D eigenvalue weighted by atomic mass is 16.5. The highest BCUT2D eigenvalue weighted by molar-refractivity contribution is 5.30. The molecule has 0 spiro atoms. The van der Waals surface area contributed by atoms with Gasteiger partial charge < -0.3 is 15.6 Å². The molecule has 0 amide bonds. The SMILES string of the molecule is Cc1cc(N)n(CC(O)COc2ccccc2)n1. The maximum atomic E-state index is 9.86. The van der Waals surface area contributed by atoms with E-state index in [-0.39, 0.29) is 6.61 Å². The molecular weight excluding hydrogens is 230 g/mol. The van der Waals surface area contributed by atoms with Gasteiger partial charge in [-0.25, -0.2) is 4.68 Å². The van der Waals surface area contributed by atoms with Crippen molar-refractivity contribution in [2.75, 3.05) is 12.3 Å². The van der Waals surface area contributed by atoms with Gasteiger partial charge in [-0.15, -0.1) is 0 Å². The standard InChI is InChI=1S/C13H17N3O2/c1-10-7-13(14)16(15-10)8-11(17)9-18-12-5-3-2-4-6-12/h2-7,11,17H,8-9,14H2,1H3. The van der Waals surface area contributed by atoms with Crippen LogP contribution in [-0.2, 0) is 6.54 Å². The van der Waals surface area contributed by atoms with Gasteiger partial charge in [-0.1, -0.05) is 18.2 Å². The Kier molecular flexibility index (Phi) is 3.84. The first-order valence-corrected chi connectivity index (χ1v) is 5.81. The van der Waals surface area contributed by atoms with E-state index in [4.69, 9.17) is 10.5 Å². The predicted octanol–water partition coefficient (Wildman–Crippen LogP) is 1.21. The number of aliphatic hydroxyl groups excluding tert-OH is 1. The molecule has 1 aromatic heterocycles. The molecule has 0 saturated carbocycles. The minimum Gasteiger partial charge on any atom is -0.491 e. The first kappa shape index (κ1) is 12.4. The number of aliphatic hydroxyl groups is 1. The molecule has 0 aliphatic carbocycles. The normalized spacial score (nSPS) is 12.3. The van der Waals surface area contributed by atoms with Crippen molar-refractivity contribution >= 4 is 5.82 Å². The molecule has 1 unspecified atom stereocenters. The molecule has 2 aromatic rings. The topological polar surface area (TPSA) is 73.3 Å². The quantitative estimate of drug-likeness (QED) is 0.833. The fraction of sp³-hybridized carbons (Fsp3) is 0.308. The van der Waals surface area contributed by atoms with Gasteiger partial charge in [0.1, 0.15) is 24.3 Å². The molecule has 5 heteroatoms. The predicted molar refractivity (Wildman–Crippen MR) is 69.3 cm³/mol. The molecule has 0 bridgehead atoms. The lowest BCUT2D eigenvalue weighted by Crippen LogP contribution is -2.24. The van der Waals surface area contributed by atoms with Crippen LogP contribution in [-0.4, -0.2) is 27.6 Å². The van der Waals surface area contributed by atoms with E-state index >= 15 is 0 Å². The van der Waals surface area contributed by atoms with Crippen LogP contribution in [0.5, 0.6) is 5.75 Å². The summed E-state index contributed by atoms with van der Waals surface area (Å²) in [5.74, 6) is 1.28. The van der Waals surface area contributed by atoms with Gasteiger partial charge in [-0.2, -0.15) is 5.10 Å². The number of ether oxygens (including phenoxy) is 1. The Bertz CT molecular complexity index is 496. The van der Waals surface area contributed by atoms with Crippen molar-refractivity contribution in [3.8, 4) is 5.75 Å². The molecule has 3 N–H and O–H groups in total. The summed E-state index contributed by atoms with van der Waals surface area (Å²) < 4.78 is 7.03. The lowest BCUT2D eigenvalue weighted by atomic mass is 10.3. The molecule has 1 heterocycles. The summed E-state index contributed by atoms with van der Waals surface area (Å²) in [5.41, 5.74) is 6.58. The average molecular weight is 247 g/mol. The van der Waals surface area contributed by atoms with Gasteiger partial charge in [0.25, 0.3) is 0 Å². The number of hydrogen-bond donors (Lipinski definition) is 2. The molecule has 0 fully saturated rings. The number of nitrogens with two attached hydrogens (primary N) is 1. The number of aryl methyl sites for hydroxylation is 1. The second kappa shape index (κ2) is 5.55. The lowest BCUT2D eigenvalue weighted by molar-refractivity contribution is 0.0898. The Labute approximate surface area is 106 Å². The van der Waals surface area contributed by atoms with Gasteiger partial charge >= 0.3 is 0 Å². The van der Waals surface area contributed by atoms with Gasteiger partial charge in [0.05, 0.1) is 12.2 Å². The minimum absolute atomic E-state index is 0.211. The van der Waals surface area contributed by atoms with Crippen LogP contribution in [0.1, 0.15) is 5.69 Å². The summed E-state index contributed by atoms with van der Waals surface area (Å²) in [6.07, 6.45) is -0.646. The second-order valence-corrected chi connectivity index (χ2v) is 4.17. The summed E-state index contributed by atoms with van der Waals surface area (Å²) >= 11 is 0. The first-order chi connectivity index (χ1) is 8.65. The van der Waals surface area contributed by atoms with Crippen LogP contribution >= 0.6 is 0 Å². The molecule has 96 valence electrons. The first-order valence-electron chi connectivity index (χ1n) is 5.81. The third kappa shape index (κ3) is 3.24. The van der Waals surface area contributed by atoms with Crippen LogP contribution in [0.2, 0.25) is 0 Å². The minimum atomic E-state index is -0.646. The van der Waals surface area contributed by atoms with E-state index in [0.29, 0.717) is 12.4 Å². The van der Waals surface area contributed by atoms with Crippen molar-refractivity contribution in [3.05, 3.63) is 42.1 Å². The Balaban J connectivity index is 1.86. The van der Waals surface area contributed by atoms with Crippen molar-refractivity contribution in [1.82, 2.24) is 9.78 Å². The summed E-state index contributed by atoms with van der Waals surface area (Å²) in [6, 6.07) is 11.1. The Morgan fingerprint density at radius 1 is 1.39 bits per heavy atom. The largest absolute Gasteiger partial charge is 0.491 e. The Hall–Kier alpha value is -2.01. The van der Waals surface area contributed by atoms with Gasteiger partial charge in [0, 0.05) is 6.07 Å². The van der Waals surface area contributed by atoms with Crippen molar-refractivity contribution in [2.24, 2.45) is 0 Å². The summed E-state index contributed by atoms with van der Waals surface area (Å²) in [4.78, 5) is 0. The van der Waals surface area contributed by atoms with Crippen molar-refractivity contribution < 1.29 is 9.84 Å². The van der Waals surface area contributed by atoms with E-state index in [9.17, 15) is 5.11 Å². The molecule has 0 aliphatic rings. The number of aromatic nitrogens is 2. The molecule has 5 nitrogen and oxygen atoms in total. The third-order valence-corrected chi connectivity index (χ3v) is 2.50. The van der Waals surface area contributed by atoms with Crippen LogP contribution < -0.4 is 10.5 Å². The zero-order valence-electron chi connectivity index (χ0n) is 10.3. The van der Waals surface area contributed by atoms with Gasteiger partial charge in [0.15, 0.2) is 0 Å². The highest BCUT2D eigenvalue weighted by Crippen LogP contribution is 2.10. The monoisotopic (exact) mass is 247 g/mol. The van der Waals surface area contributed by atoms with E-state index in [0.717, 1.165) is 11.4 Å². The van der Waals surface area contributed by atoms with Crippen molar-refractivity contribution in [3.63, 3.8) is 0 Å². The number of para-hydroxylation sites is 1. The van der Waals surface area contributed by atoms with E-state index < -0.39 is 6.10 Å². The zero-order valence-corrected chi connectivity index (χ0v) is 10.3. The maximum absolute atomic E-state index is 9.86. The van der Waals surface area contributed by atoms with Crippen molar-refractivity contribution in [2.45, 2.75) is 19.6 Å². The third-order valence-electron chi connectivity index (χ3n) is 2.50. The van der Waals surface area contributed by atoms with Gasteiger partial charge in [-0.05, 0) is 19.1 Å². The number of hydrogen-bond acceptors (Lipinski definition) is 4. The maximum Gasteiger partial charge on any atom is 0.122 e. The van der Waals surface area contributed by atoms with E-state index in [1.54, 1.807) is 10.7 Å². The number of nitrogen functional groups attached to an aromatic ring is 1. The number of benzene rings is 1. The average Bonchev–Trinajstić information content (AvgIpc) is 2.67. The smallest absolute Gasteiger partial charge is 0.122 e. The van der Waals surface area contributed by atoms with Crippen LogP contribution in [0.25, 0.3) is 0 Å². The fourth-order valence-corrected chi connectivity index (χ4v) is 1.67. The molecule has 1 aromatic carbocycles. The number of rotatable bonds is 5. The van der Waals surface area contributed by atoms with E-state index in [2.05, 4.69) is 5.10 Å². The van der Waals surface area contributed by atoms with Crippen LogP contribution in [0.3, 0.4) is 0 Å². The molecular formula is C13H17N3O2. The summed E-state index contributed by atoms with van der Waals surface area (Å²) in [5, 5.41) is 14.0. The van der Waals surface area contributed by atoms with E-state index in [1.807, 2.05) is 37.3 Å². The molecule has 0 aliphatic heterocycles. The highest BCUT2D eigenvalue weighted by Gasteiger charge is 2.09. The van der Waals surface area contributed by atoms with Crippen LogP contribution in [0.4, 0.5) is 5.82 Å². The summed E-state index contributed by atoms with van der Waals surface area (Å²) in [6.45, 7) is 2.40.